The van der Waals surface area contributed by atoms with Crippen molar-refractivity contribution in [1.82, 2.24) is 4.98 Å². The summed E-state index contributed by atoms with van der Waals surface area (Å²) in [6.07, 6.45) is 0. The summed E-state index contributed by atoms with van der Waals surface area (Å²) in [6.45, 7) is 2.01. The highest BCUT2D eigenvalue weighted by Crippen LogP contribution is 2.29. The Labute approximate surface area is 140 Å². The first-order valence-corrected chi connectivity index (χ1v) is 8.20. The number of anilines is 1. The molecule has 6 heteroatoms. The smallest absolute Gasteiger partial charge is 0.258 e. The molecule has 3 aromatic rings. The number of amides is 1. The van der Waals surface area contributed by atoms with Gasteiger partial charge in [0.1, 0.15) is 5.75 Å². The maximum Gasteiger partial charge on any atom is 0.258 e. The monoisotopic (exact) mass is 376 g/mol. The topological polar surface area (TPSA) is 51.2 Å². The van der Waals surface area contributed by atoms with Crippen molar-refractivity contribution in [3.8, 4) is 5.75 Å². The van der Waals surface area contributed by atoms with E-state index in [0.29, 0.717) is 20.9 Å². The van der Waals surface area contributed by atoms with Gasteiger partial charge in [0.15, 0.2) is 5.13 Å². The number of carbonyl (C=O) groups is 1. The van der Waals surface area contributed by atoms with Gasteiger partial charge in [0.25, 0.3) is 5.91 Å². The molecule has 112 valence electrons. The third kappa shape index (κ3) is 2.84. The Bertz CT molecular complexity index is 860. The number of ether oxygens (including phenoxy) is 1. The van der Waals surface area contributed by atoms with Crippen molar-refractivity contribution in [3.63, 3.8) is 0 Å². The number of benzene rings is 2. The van der Waals surface area contributed by atoms with Crippen molar-refractivity contribution in [2.45, 2.75) is 6.92 Å². The highest BCUT2D eigenvalue weighted by atomic mass is 79.9. The SMILES string of the molecule is COc1ccc(Br)c(C(=O)Nc2nc3c(C)cccc3s2)c1. The van der Waals surface area contributed by atoms with Crippen LogP contribution in [-0.4, -0.2) is 18.0 Å². The van der Waals surface area contributed by atoms with E-state index in [9.17, 15) is 4.79 Å². The molecule has 0 atom stereocenters. The number of aromatic nitrogens is 1. The van der Waals surface area contributed by atoms with Gasteiger partial charge in [-0.25, -0.2) is 4.98 Å². The van der Waals surface area contributed by atoms with E-state index in [1.165, 1.54) is 11.3 Å². The van der Waals surface area contributed by atoms with Crippen LogP contribution in [-0.2, 0) is 0 Å². The lowest BCUT2D eigenvalue weighted by Crippen LogP contribution is -2.12. The third-order valence-corrected chi connectivity index (χ3v) is 4.89. The number of hydrogen-bond donors (Lipinski definition) is 1. The minimum Gasteiger partial charge on any atom is -0.497 e. The number of methoxy groups -OCH3 is 1. The van der Waals surface area contributed by atoms with Crippen LogP contribution in [0.4, 0.5) is 5.13 Å². The number of para-hydroxylation sites is 1. The Balaban J connectivity index is 1.91. The largest absolute Gasteiger partial charge is 0.497 e. The fourth-order valence-corrected chi connectivity index (χ4v) is 3.48. The van der Waals surface area contributed by atoms with Crippen molar-refractivity contribution in [2.75, 3.05) is 12.4 Å². The van der Waals surface area contributed by atoms with Gasteiger partial charge in [0.2, 0.25) is 0 Å². The van der Waals surface area contributed by atoms with Gasteiger partial charge in [-0.1, -0.05) is 23.5 Å². The molecule has 0 fully saturated rings. The molecule has 0 bridgehead atoms. The first-order chi connectivity index (χ1) is 10.6. The number of halogens is 1. The molecule has 0 aliphatic rings. The van der Waals surface area contributed by atoms with E-state index in [4.69, 9.17) is 4.74 Å². The summed E-state index contributed by atoms with van der Waals surface area (Å²) >= 11 is 4.85. The van der Waals surface area contributed by atoms with Crippen LogP contribution in [0.25, 0.3) is 10.2 Å². The highest BCUT2D eigenvalue weighted by Gasteiger charge is 2.14. The summed E-state index contributed by atoms with van der Waals surface area (Å²) in [5, 5.41) is 3.44. The third-order valence-electron chi connectivity index (χ3n) is 3.26. The van der Waals surface area contributed by atoms with Crippen molar-refractivity contribution in [1.29, 1.82) is 0 Å². The normalized spacial score (nSPS) is 10.7. The molecule has 0 saturated heterocycles. The molecule has 1 N–H and O–H groups in total. The summed E-state index contributed by atoms with van der Waals surface area (Å²) in [6, 6.07) is 11.3. The zero-order valence-corrected chi connectivity index (χ0v) is 14.4. The van der Waals surface area contributed by atoms with E-state index in [0.717, 1.165) is 15.8 Å². The summed E-state index contributed by atoms with van der Waals surface area (Å²) in [5.41, 5.74) is 2.53. The standard InChI is InChI=1S/C16H13BrN2O2S/c1-9-4-3-5-13-14(9)18-16(22-13)19-15(20)11-8-10(21-2)6-7-12(11)17/h3-8H,1-2H3,(H,18,19,20). The quantitative estimate of drug-likeness (QED) is 0.724. The van der Waals surface area contributed by atoms with E-state index in [2.05, 4.69) is 26.2 Å². The molecule has 0 unspecified atom stereocenters. The summed E-state index contributed by atoms with van der Waals surface area (Å²) in [7, 11) is 1.57. The molecule has 1 aromatic heterocycles. The van der Waals surface area contributed by atoms with Crippen LogP contribution in [0.15, 0.2) is 40.9 Å². The lowest BCUT2D eigenvalue weighted by atomic mass is 10.2. The number of hydrogen-bond acceptors (Lipinski definition) is 4. The van der Waals surface area contributed by atoms with Crippen LogP contribution >= 0.6 is 27.3 Å². The van der Waals surface area contributed by atoms with Crippen LogP contribution in [0.5, 0.6) is 5.75 Å². The second-order valence-electron chi connectivity index (χ2n) is 4.74. The van der Waals surface area contributed by atoms with Crippen molar-refractivity contribution >= 4 is 48.5 Å². The predicted octanol–water partition coefficient (Wildman–Crippen LogP) is 4.63. The van der Waals surface area contributed by atoms with Gasteiger partial charge in [0.05, 0.1) is 22.9 Å². The number of fused-ring (bicyclic) bond motifs is 1. The number of rotatable bonds is 3. The van der Waals surface area contributed by atoms with Gasteiger partial charge in [-0.3, -0.25) is 10.1 Å². The van der Waals surface area contributed by atoms with Gasteiger partial charge in [-0.05, 0) is 52.7 Å². The average Bonchev–Trinajstić information content (AvgIpc) is 2.91. The molecule has 3 rings (SSSR count). The molecule has 22 heavy (non-hydrogen) atoms. The van der Waals surface area contributed by atoms with Crippen LogP contribution < -0.4 is 10.1 Å². The molecule has 2 aromatic carbocycles. The van der Waals surface area contributed by atoms with E-state index in [1.54, 1.807) is 25.3 Å². The van der Waals surface area contributed by atoms with Crippen molar-refractivity contribution < 1.29 is 9.53 Å². The second kappa shape index (κ2) is 6.06. The van der Waals surface area contributed by atoms with Gasteiger partial charge in [-0.2, -0.15) is 0 Å². The second-order valence-corrected chi connectivity index (χ2v) is 6.63. The minimum absolute atomic E-state index is 0.220. The summed E-state index contributed by atoms with van der Waals surface area (Å²) < 4.78 is 6.93. The van der Waals surface area contributed by atoms with E-state index < -0.39 is 0 Å². The van der Waals surface area contributed by atoms with Crippen LogP contribution in [0.3, 0.4) is 0 Å². The molecule has 0 radical (unpaired) electrons. The molecular weight excluding hydrogens is 364 g/mol. The molecule has 0 aliphatic heterocycles. The molecule has 0 spiro atoms. The predicted molar refractivity (Wildman–Crippen MR) is 93.0 cm³/mol. The Morgan fingerprint density at radius 1 is 1.32 bits per heavy atom. The summed E-state index contributed by atoms with van der Waals surface area (Å²) in [5.74, 6) is 0.413. The molecule has 1 amide bonds. The highest BCUT2D eigenvalue weighted by molar-refractivity contribution is 9.10. The molecule has 0 aliphatic carbocycles. The number of aryl methyl sites for hydroxylation is 1. The lowest BCUT2D eigenvalue weighted by molar-refractivity contribution is 0.102. The lowest BCUT2D eigenvalue weighted by Gasteiger charge is -2.06. The first kappa shape index (κ1) is 15.0. The van der Waals surface area contributed by atoms with Gasteiger partial charge < -0.3 is 4.74 Å². The number of nitrogens with zero attached hydrogens (tertiary/aromatic N) is 1. The number of thiazole rings is 1. The molecule has 0 saturated carbocycles. The fourth-order valence-electron chi connectivity index (χ4n) is 2.11. The Kier molecular flexibility index (Phi) is 4.13. The van der Waals surface area contributed by atoms with Crippen LogP contribution in [0.1, 0.15) is 15.9 Å². The van der Waals surface area contributed by atoms with E-state index in [-0.39, 0.29) is 5.91 Å². The van der Waals surface area contributed by atoms with Gasteiger partial charge >= 0.3 is 0 Å². The van der Waals surface area contributed by atoms with Gasteiger partial charge in [0, 0.05) is 4.47 Å². The van der Waals surface area contributed by atoms with E-state index >= 15 is 0 Å². The maximum atomic E-state index is 12.4. The minimum atomic E-state index is -0.220. The van der Waals surface area contributed by atoms with Gasteiger partial charge in [-0.15, -0.1) is 0 Å². The van der Waals surface area contributed by atoms with Crippen molar-refractivity contribution in [2.24, 2.45) is 0 Å². The molecule has 1 heterocycles. The zero-order valence-electron chi connectivity index (χ0n) is 12.0. The Hall–Kier alpha value is -1.92. The number of nitrogens with one attached hydrogen (secondary N) is 1. The van der Waals surface area contributed by atoms with Crippen molar-refractivity contribution in [3.05, 3.63) is 52.0 Å². The number of carbonyl (C=O) groups excluding carboxylic acids is 1. The first-order valence-electron chi connectivity index (χ1n) is 6.59. The summed E-state index contributed by atoms with van der Waals surface area (Å²) in [4.78, 5) is 16.9. The average molecular weight is 377 g/mol. The fraction of sp³-hybridized carbons (Fsp3) is 0.125. The van der Waals surface area contributed by atoms with E-state index in [1.807, 2.05) is 25.1 Å². The molecular formula is C16H13BrN2O2S. The van der Waals surface area contributed by atoms with Crippen LogP contribution in [0.2, 0.25) is 0 Å². The van der Waals surface area contributed by atoms with Crippen LogP contribution in [0, 0.1) is 6.92 Å². The zero-order chi connectivity index (χ0) is 15.7. The Morgan fingerprint density at radius 2 is 2.14 bits per heavy atom. The Morgan fingerprint density at radius 3 is 2.86 bits per heavy atom. The maximum absolute atomic E-state index is 12.4. The molecule has 4 nitrogen and oxygen atoms in total.